The molecule has 4 heteroatoms. The molecule has 0 aromatic heterocycles. The Morgan fingerprint density at radius 1 is 1.32 bits per heavy atom. The number of amides is 1. The van der Waals surface area contributed by atoms with Gasteiger partial charge in [-0.15, -0.1) is 0 Å². The Balaban J connectivity index is 2.59. The Morgan fingerprint density at radius 2 is 2.00 bits per heavy atom. The summed E-state index contributed by atoms with van der Waals surface area (Å²) in [7, 11) is 1.64. The highest BCUT2D eigenvalue weighted by atomic mass is 16.5. The summed E-state index contributed by atoms with van der Waals surface area (Å²) < 4.78 is 5.30. The second-order valence-electron chi connectivity index (χ2n) is 4.69. The van der Waals surface area contributed by atoms with Gasteiger partial charge in [0.1, 0.15) is 5.75 Å². The van der Waals surface area contributed by atoms with Crippen LogP contribution in [0, 0.1) is 0 Å². The molecule has 0 radical (unpaired) electrons. The minimum atomic E-state index is -0.0579. The fourth-order valence-electron chi connectivity index (χ4n) is 2.10. The summed E-state index contributed by atoms with van der Waals surface area (Å²) in [6.45, 7) is 6.88. The van der Waals surface area contributed by atoms with E-state index in [9.17, 15) is 4.79 Å². The van der Waals surface area contributed by atoms with E-state index in [1.807, 2.05) is 45.0 Å². The predicted octanol–water partition coefficient (Wildman–Crippen LogP) is 2.26. The number of ether oxygens (including phenoxy) is 1. The first-order valence-electron chi connectivity index (χ1n) is 6.74. The number of methoxy groups -OCH3 is 1. The van der Waals surface area contributed by atoms with E-state index in [0.29, 0.717) is 6.42 Å². The molecule has 1 rings (SSSR count). The van der Waals surface area contributed by atoms with Crippen LogP contribution < -0.4 is 15.4 Å². The Labute approximate surface area is 115 Å². The molecular formula is C15H24N2O2. The maximum absolute atomic E-state index is 11.9. The summed E-state index contributed by atoms with van der Waals surface area (Å²) in [5, 5.41) is 6.23. The maximum Gasteiger partial charge on any atom is 0.222 e. The van der Waals surface area contributed by atoms with Gasteiger partial charge in [0.2, 0.25) is 5.91 Å². The zero-order valence-electron chi connectivity index (χ0n) is 12.2. The van der Waals surface area contributed by atoms with Crippen molar-refractivity contribution in [2.45, 2.75) is 39.3 Å². The van der Waals surface area contributed by atoms with Crippen LogP contribution in [0.3, 0.4) is 0 Å². The molecule has 2 atom stereocenters. The van der Waals surface area contributed by atoms with Crippen LogP contribution in [0.5, 0.6) is 5.75 Å². The topological polar surface area (TPSA) is 50.4 Å². The number of carbonyl (C=O) groups is 1. The molecular weight excluding hydrogens is 240 g/mol. The van der Waals surface area contributed by atoms with E-state index >= 15 is 0 Å². The first-order valence-corrected chi connectivity index (χ1v) is 6.74. The fraction of sp³-hybridized carbons (Fsp3) is 0.533. The third-order valence-corrected chi connectivity index (χ3v) is 3.03. The molecule has 1 aromatic carbocycles. The van der Waals surface area contributed by atoms with Crippen molar-refractivity contribution in [3.8, 4) is 5.75 Å². The highest BCUT2D eigenvalue weighted by Gasteiger charge is 2.14. The van der Waals surface area contributed by atoms with Crippen molar-refractivity contribution in [3.63, 3.8) is 0 Å². The van der Waals surface area contributed by atoms with Gasteiger partial charge in [0.15, 0.2) is 0 Å². The molecule has 0 fully saturated rings. The van der Waals surface area contributed by atoms with Crippen molar-refractivity contribution in [1.29, 1.82) is 0 Å². The lowest BCUT2D eigenvalue weighted by atomic mass is 10.1. The van der Waals surface area contributed by atoms with E-state index in [4.69, 9.17) is 4.74 Å². The number of nitrogens with one attached hydrogen (secondary N) is 2. The highest BCUT2D eigenvalue weighted by Crippen LogP contribution is 2.24. The van der Waals surface area contributed by atoms with E-state index in [1.54, 1.807) is 7.11 Å². The Hall–Kier alpha value is -1.55. The molecule has 106 valence electrons. The summed E-state index contributed by atoms with van der Waals surface area (Å²) in [5.74, 6) is 0.849. The van der Waals surface area contributed by atoms with Gasteiger partial charge in [0.05, 0.1) is 13.2 Å². The molecule has 0 aliphatic carbocycles. The van der Waals surface area contributed by atoms with Crippen molar-refractivity contribution >= 4 is 5.91 Å². The van der Waals surface area contributed by atoms with Crippen LogP contribution in [-0.2, 0) is 4.79 Å². The van der Waals surface area contributed by atoms with E-state index < -0.39 is 0 Å². The van der Waals surface area contributed by atoms with Crippen LogP contribution in [0.4, 0.5) is 0 Å². The van der Waals surface area contributed by atoms with E-state index in [2.05, 4.69) is 10.6 Å². The van der Waals surface area contributed by atoms with Gasteiger partial charge in [-0.05, 0) is 26.5 Å². The van der Waals surface area contributed by atoms with Crippen LogP contribution >= 0.6 is 0 Å². The largest absolute Gasteiger partial charge is 0.496 e. The fourth-order valence-corrected chi connectivity index (χ4v) is 2.10. The molecule has 2 N–H and O–H groups in total. The Morgan fingerprint density at radius 3 is 2.63 bits per heavy atom. The SMILES string of the molecule is CCNC(C)CC(=O)N[C@H](C)c1ccccc1OC. The molecule has 0 aliphatic heterocycles. The third kappa shape index (κ3) is 4.91. The Kier molecular flexibility index (Phi) is 6.36. The second kappa shape index (κ2) is 7.79. The lowest BCUT2D eigenvalue weighted by Crippen LogP contribution is -2.34. The number of benzene rings is 1. The second-order valence-corrected chi connectivity index (χ2v) is 4.69. The minimum Gasteiger partial charge on any atom is -0.496 e. The number of carbonyl (C=O) groups excluding carboxylic acids is 1. The lowest BCUT2D eigenvalue weighted by Gasteiger charge is -2.19. The first-order chi connectivity index (χ1) is 9.08. The van der Waals surface area contributed by atoms with Gasteiger partial charge in [-0.1, -0.05) is 25.1 Å². The monoisotopic (exact) mass is 264 g/mol. The van der Waals surface area contributed by atoms with Crippen LogP contribution in [-0.4, -0.2) is 25.6 Å². The van der Waals surface area contributed by atoms with Crippen molar-refractivity contribution in [2.75, 3.05) is 13.7 Å². The summed E-state index contributed by atoms with van der Waals surface area (Å²) in [6.07, 6.45) is 0.479. The molecule has 0 saturated heterocycles. The van der Waals surface area contributed by atoms with Crippen molar-refractivity contribution in [1.82, 2.24) is 10.6 Å². The predicted molar refractivity (Wildman–Crippen MR) is 77.3 cm³/mol. The van der Waals surface area contributed by atoms with Crippen LogP contribution in [0.25, 0.3) is 0 Å². The average Bonchev–Trinajstić information content (AvgIpc) is 2.38. The molecule has 0 heterocycles. The zero-order chi connectivity index (χ0) is 14.3. The number of rotatable bonds is 7. The van der Waals surface area contributed by atoms with Crippen molar-refractivity contribution in [2.24, 2.45) is 0 Å². The van der Waals surface area contributed by atoms with Gasteiger partial charge in [-0.2, -0.15) is 0 Å². The quantitative estimate of drug-likeness (QED) is 0.794. The third-order valence-electron chi connectivity index (χ3n) is 3.03. The minimum absolute atomic E-state index is 0.0480. The lowest BCUT2D eigenvalue weighted by molar-refractivity contribution is -0.122. The Bertz CT molecular complexity index is 407. The highest BCUT2D eigenvalue weighted by molar-refractivity contribution is 5.77. The first kappa shape index (κ1) is 15.5. The summed E-state index contributed by atoms with van der Waals surface area (Å²) in [4.78, 5) is 11.9. The average molecular weight is 264 g/mol. The van der Waals surface area contributed by atoms with Gasteiger partial charge in [-0.3, -0.25) is 4.79 Å². The zero-order valence-corrected chi connectivity index (χ0v) is 12.2. The van der Waals surface area contributed by atoms with Gasteiger partial charge >= 0.3 is 0 Å². The molecule has 1 aromatic rings. The molecule has 4 nitrogen and oxygen atoms in total. The van der Waals surface area contributed by atoms with Crippen LogP contribution in [0.1, 0.15) is 38.8 Å². The van der Waals surface area contributed by atoms with Crippen LogP contribution in [0.15, 0.2) is 24.3 Å². The maximum atomic E-state index is 11.9. The molecule has 0 saturated carbocycles. The van der Waals surface area contributed by atoms with Gasteiger partial charge in [0, 0.05) is 18.0 Å². The van der Waals surface area contributed by atoms with E-state index in [-0.39, 0.29) is 18.0 Å². The summed E-state index contributed by atoms with van der Waals surface area (Å²) in [6, 6.07) is 7.87. The molecule has 1 unspecified atom stereocenters. The number of hydrogen-bond acceptors (Lipinski definition) is 3. The number of hydrogen-bond donors (Lipinski definition) is 2. The van der Waals surface area contributed by atoms with Gasteiger partial charge in [0.25, 0.3) is 0 Å². The molecule has 1 amide bonds. The van der Waals surface area contributed by atoms with Gasteiger partial charge in [-0.25, -0.2) is 0 Å². The van der Waals surface area contributed by atoms with E-state index in [0.717, 1.165) is 17.9 Å². The smallest absolute Gasteiger partial charge is 0.222 e. The van der Waals surface area contributed by atoms with Gasteiger partial charge < -0.3 is 15.4 Å². The summed E-state index contributed by atoms with van der Waals surface area (Å²) >= 11 is 0. The van der Waals surface area contributed by atoms with Crippen LogP contribution in [0.2, 0.25) is 0 Å². The normalized spacial score (nSPS) is 13.7. The van der Waals surface area contributed by atoms with Crippen molar-refractivity contribution in [3.05, 3.63) is 29.8 Å². The molecule has 19 heavy (non-hydrogen) atoms. The molecule has 0 bridgehead atoms. The molecule has 0 spiro atoms. The number of para-hydroxylation sites is 1. The van der Waals surface area contributed by atoms with E-state index in [1.165, 1.54) is 0 Å². The standard InChI is InChI=1S/C15H24N2O2/c1-5-16-11(2)10-15(18)17-12(3)13-8-6-7-9-14(13)19-4/h6-9,11-12,16H,5,10H2,1-4H3,(H,17,18)/t11?,12-/m1/s1. The molecule has 0 aliphatic rings. The summed E-state index contributed by atoms with van der Waals surface area (Å²) in [5.41, 5.74) is 0.995. The van der Waals surface area contributed by atoms with Crippen molar-refractivity contribution < 1.29 is 9.53 Å².